The van der Waals surface area contributed by atoms with E-state index in [1.54, 1.807) is 0 Å². The number of fused-ring (bicyclic) bond motifs is 1. The maximum atomic E-state index is 6.13. The number of aromatic nitrogens is 1. The Morgan fingerprint density at radius 2 is 1.82 bits per heavy atom. The van der Waals surface area contributed by atoms with Gasteiger partial charge in [-0.3, -0.25) is 0 Å². The zero-order chi connectivity index (χ0) is 15.7. The average molecular weight is 333 g/mol. The smallest absolute Gasteiger partial charge is 0.0595 e. The summed E-state index contributed by atoms with van der Waals surface area (Å²) in [6, 6.07) is 14.2. The molecule has 0 aliphatic carbocycles. The van der Waals surface area contributed by atoms with Crippen LogP contribution in [0.15, 0.2) is 48.7 Å². The van der Waals surface area contributed by atoms with Gasteiger partial charge in [-0.2, -0.15) is 0 Å². The van der Waals surface area contributed by atoms with Crippen molar-refractivity contribution in [3.63, 3.8) is 0 Å². The number of H-pyrrole nitrogens is 1. The van der Waals surface area contributed by atoms with Crippen LogP contribution in [0.4, 0.5) is 5.69 Å². The Kier molecular flexibility index (Phi) is 4.07. The molecular weight excluding hydrogens is 315 g/mol. The SMILES string of the molecule is CC(C)(CNc1ccc2cc[nH]c2c1)c1ccc(Cl)c(Cl)c1. The second-order valence-electron chi connectivity index (χ2n) is 6.15. The lowest BCUT2D eigenvalue weighted by Gasteiger charge is -2.26. The maximum Gasteiger partial charge on any atom is 0.0595 e. The molecular formula is C18H18Cl2N2. The van der Waals surface area contributed by atoms with E-state index in [2.05, 4.69) is 48.4 Å². The van der Waals surface area contributed by atoms with Crippen molar-refractivity contribution in [1.29, 1.82) is 0 Å². The fourth-order valence-corrected chi connectivity index (χ4v) is 2.80. The Bertz CT molecular complexity index is 806. The van der Waals surface area contributed by atoms with E-state index < -0.39 is 0 Å². The Balaban J connectivity index is 1.77. The average Bonchev–Trinajstić information content (AvgIpc) is 2.95. The molecule has 3 aromatic rings. The van der Waals surface area contributed by atoms with Crippen LogP contribution in [0, 0.1) is 0 Å². The van der Waals surface area contributed by atoms with E-state index in [4.69, 9.17) is 23.2 Å². The van der Waals surface area contributed by atoms with Crippen molar-refractivity contribution in [3.8, 4) is 0 Å². The monoisotopic (exact) mass is 332 g/mol. The lowest BCUT2D eigenvalue weighted by molar-refractivity contribution is 0.557. The molecule has 114 valence electrons. The number of rotatable bonds is 4. The predicted molar refractivity (Wildman–Crippen MR) is 96.3 cm³/mol. The third-order valence-corrected chi connectivity index (χ3v) is 4.73. The topological polar surface area (TPSA) is 27.8 Å². The number of hydrogen-bond acceptors (Lipinski definition) is 1. The van der Waals surface area contributed by atoms with Gasteiger partial charge in [0, 0.05) is 29.4 Å². The molecule has 0 spiro atoms. The lowest BCUT2D eigenvalue weighted by Crippen LogP contribution is -2.27. The molecule has 0 aliphatic heterocycles. The van der Waals surface area contributed by atoms with Gasteiger partial charge in [-0.25, -0.2) is 0 Å². The van der Waals surface area contributed by atoms with E-state index >= 15 is 0 Å². The summed E-state index contributed by atoms with van der Waals surface area (Å²) in [5.41, 5.74) is 3.34. The first-order chi connectivity index (χ1) is 10.5. The second kappa shape index (κ2) is 5.86. The lowest BCUT2D eigenvalue weighted by atomic mass is 9.84. The van der Waals surface area contributed by atoms with Gasteiger partial charge in [0.25, 0.3) is 0 Å². The van der Waals surface area contributed by atoms with Crippen LogP contribution in [0.5, 0.6) is 0 Å². The third-order valence-electron chi connectivity index (χ3n) is 3.99. The standard InChI is InChI=1S/C18H18Cl2N2/c1-18(2,13-4-6-15(19)16(20)9-13)11-22-14-5-3-12-7-8-21-17(12)10-14/h3-10,21-22H,11H2,1-2H3. The Morgan fingerprint density at radius 1 is 1.00 bits per heavy atom. The van der Waals surface area contributed by atoms with Crippen LogP contribution in [-0.2, 0) is 5.41 Å². The second-order valence-corrected chi connectivity index (χ2v) is 6.96. The molecule has 0 atom stereocenters. The molecule has 0 unspecified atom stereocenters. The highest BCUT2D eigenvalue weighted by Crippen LogP contribution is 2.30. The molecule has 0 saturated carbocycles. The van der Waals surface area contributed by atoms with Gasteiger partial charge < -0.3 is 10.3 Å². The summed E-state index contributed by atoms with van der Waals surface area (Å²) in [6.07, 6.45) is 1.95. The molecule has 2 N–H and O–H groups in total. The molecule has 0 fully saturated rings. The zero-order valence-electron chi connectivity index (χ0n) is 12.6. The minimum Gasteiger partial charge on any atom is -0.384 e. The van der Waals surface area contributed by atoms with Crippen LogP contribution in [0.25, 0.3) is 10.9 Å². The first kappa shape index (κ1) is 15.3. The van der Waals surface area contributed by atoms with Crippen LogP contribution in [-0.4, -0.2) is 11.5 Å². The minimum absolute atomic E-state index is 0.0566. The first-order valence-corrected chi connectivity index (χ1v) is 7.98. The highest BCUT2D eigenvalue weighted by atomic mass is 35.5. The van der Waals surface area contributed by atoms with Gasteiger partial charge in [0.2, 0.25) is 0 Å². The van der Waals surface area contributed by atoms with Crippen molar-refractivity contribution in [2.45, 2.75) is 19.3 Å². The molecule has 22 heavy (non-hydrogen) atoms. The summed E-state index contributed by atoms with van der Waals surface area (Å²) in [5.74, 6) is 0. The van der Waals surface area contributed by atoms with E-state index in [1.165, 1.54) is 5.39 Å². The molecule has 0 radical (unpaired) electrons. The van der Waals surface area contributed by atoms with E-state index in [0.29, 0.717) is 10.0 Å². The first-order valence-electron chi connectivity index (χ1n) is 7.22. The van der Waals surface area contributed by atoms with E-state index in [-0.39, 0.29) is 5.41 Å². The Labute approximate surface area is 140 Å². The minimum atomic E-state index is -0.0566. The molecule has 1 heterocycles. The number of aromatic amines is 1. The number of nitrogens with one attached hydrogen (secondary N) is 2. The molecule has 0 aliphatic rings. The van der Waals surface area contributed by atoms with Gasteiger partial charge in [-0.15, -0.1) is 0 Å². The van der Waals surface area contributed by atoms with Crippen molar-refractivity contribution in [2.75, 3.05) is 11.9 Å². The molecule has 0 bridgehead atoms. The zero-order valence-corrected chi connectivity index (χ0v) is 14.1. The third kappa shape index (κ3) is 3.08. The number of benzene rings is 2. The molecule has 1 aromatic heterocycles. The molecule has 2 nitrogen and oxygen atoms in total. The normalized spacial score (nSPS) is 11.8. The van der Waals surface area contributed by atoms with Crippen molar-refractivity contribution in [3.05, 3.63) is 64.3 Å². The Hall–Kier alpha value is -1.64. The van der Waals surface area contributed by atoms with E-state index in [1.807, 2.05) is 24.4 Å². The van der Waals surface area contributed by atoms with Crippen LogP contribution in [0.3, 0.4) is 0 Å². The van der Waals surface area contributed by atoms with E-state index in [0.717, 1.165) is 23.3 Å². The van der Waals surface area contributed by atoms with Gasteiger partial charge in [0.15, 0.2) is 0 Å². The number of halogens is 2. The van der Waals surface area contributed by atoms with Crippen LogP contribution < -0.4 is 5.32 Å². The van der Waals surface area contributed by atoms with Gasteiger partial charge in [0.1, 0.15) is 0 Å². The highest BCUT2D eigenvalue weighted by molar-refractivity contribution is 6.42. The summed E-state index contributed by atoms with van der Waals surface area (Å²) < 4.78 is 0. The largest absolute Gasteiger partial charge is 0.384 e. The maximum absolute atomic E-state index is 6.13. The summed E-state index contributed by atoms with van der Waals surface area (Å²) >= 11 is 12.1. The summed E-state index contributed by atoms with van der Waals surface area (Å²) in [5, 5.41) is 5.91. The number of hydrogen-bond donors (Lipinski definition) is 2. The molecule has 0 saturated heterocycles. The van der Waals surface area contributed by atoms with Gasteiger partial charge in [-0.05, 0) is 41.3 Å². The predicted octanol–water partition coefficient (Wildman–Crippen LogP) is 5.86. The number of anilines is 1. The molecule has 4 heteroatoms. The van der Waals surface area contributed by atoms with E-state index in [9.17, 15) is 0 Å². The van der Waals surface area contributed by atoms with Gasteiger partial charge >= 0.3 is 0 Å². The highest BCUT2D eigenvalue weighted by Gasteiger charge is 2.21. The van der Waals surface area contributed by atoms with Crippen molar-refractivity contribution >= 4 is 39.8 Å². The van der Waals surface area contributed by atoms with Crippen LogP contribution >= 0.6 is 23.2 Å². The summed E-state index contributed by atoms with van der Waals surface area (Å²) in [6.45, 7) is 5.18. The summed E-state index contributed by atoms with van der Waals surface area (Å²) in [4.78, 5) is 3.23. The fraction of sp³-hybridized carbons (Fsp3) is 0.222. The van der Waals surface area contributed by atoms with Crippen molar-refractivity contribution in [1.82, 2.24) is 4.98 Å². The quantitative estimate of drug-likeness (QED) is 0.614. The van der Waals surface area contributed by atoms with Crippen molar-refractivity contribution in [2.24, 2.45) is 0 Å². The fourth-order valence-electron chi connectivity index (χ4n) is 2.50. The van der Waals surface area contributed by atoms with Crippen LogP contribution in [0.2, 0.25) is 10.0 Å². The van der Waals surface area contributed by atoms with Gasteiger partial charge in [-0.1, -0.05) is 49.2 Å². The molecule has 2 aromatic carbocycles. The van der Waals surface area contributed by atoms with Gasteiger partial charge in [0.05, 0.1) is 10.0 Å². The molecule has 3 rings (SSSR count). The van der Waals surface area contributed by atoms with Crippen LogP contribution in [0.1, 0.15) is 19.4 Å². The summed E-state index contributed by atoms with van der Waals surface area (Å²) in [7, 11) is 0. The molecule has 0 amide bonds. The van der Waals surface area contributed by atoms with Crippen molar-refractivity contribution < 1.29 is 0 Å². The Morgan fingerprint density at radius 3 is 2.59 bits per heavy atom.